The Bertz CT molecular complexity index is 392. The highest BCUT2D eigenvalue weighted by Crippen LogP contribution is 2.17. The van der Waals surface area contributed by atoms with Gasteiger partial charge in [0.15, 0.2) is 0 Å². The number of benzene rings is 1. The number of likely N-dealkylation sites (tertiary alicyclic amines) is 1. The van der Waals surface area contributed by atoms with Crippen molar-refractivity contribution >= 4 is 0 Å². The highest BCUT2D eigenvalue weighted by Gasteiger charge is 2.24. The fourth-order valence-electron chi connectivity index (χ4n) is 2.61. The van der Waals surface area contributed by atoms with E-state index in [9.17, 15) is 0 Å². The van der Waals surface area contributed by atoms with Gasteiger partial charge in [-0.1, -0.05) is 24.3 Å². The molecule has 19 heavy (non-hydrogen) atoms. The second-order valence-electron chi connectivity index (χ2n) is 5.66. The molecule has 0 spiro atoms. The van der Waals surface area contributed by atoms with Crippen molar-refractivity contribution in [2.75, 3.05) is 20.1 Å². The van der Waals surface area contributed by atoms with Crippen molar-refractivity contribution in [2.24, 2.45) is 0 Å². The SMILES string of the molecule is CNCc1cccc(COC2CCN(C(C)C)C2)c1. The van der Waals surface area contributed by atoms with E-state index in [0.717, 1.165) is 26.1 Å². The van der Waals surface area contributed by atoms with Crippen LogP contribution in [0.5, 0.6) is 0 Å². The molecule has 1 aromatic carbocycles. The fourth-order valence-corrected chi connectivity index (χ4v) is 2.61. The van der Waals surface area contributed by atoms with Crippen LogP contribution < -0.4 is 5.32 Å². The van der Waals surface area contributed by atoms with Gasteiger partial charge in [-0.2, -0.15) is 0 Å². The minimum Gasteiger partial charge on any atom is -0.372 e. The molecule has 1 heterocycles. The lowest BCUT2D eigenvalue weighted by atomic mass is 10.1. The summed E-state index contributed by atoms with van der Waals surface area (Å²) in [5, 5.41) is 3.18. The van der Waals surface area contributed by atoms with Crippen molar-refractivity contribution in [3.05, 3.63) is 35.4 Å². The highest BCUT2D eigenvalue weighted by atomic mass is 16.5. The summed E-state index contributed by atoms with van der Waals surface area (Å²) >= 11 is 0. The van der Waals surface area contributed by atoms with E-state index in [1.807, 2.05) is 7.05 Å². The molecule has 0 amide bonds. The van der Waals surface area contributed by atoms with Crippen LogP contribution >= 0.6 is 0 Å². The lowest BCUT2D eigenvalue weighted by Crippen LogP contribution is -2.29. The quantitative estimate of drug-likeness (QED) is 0.852. The summed E-state index contributed by atoms with van der Waals surface area (Å²) in [4.78, 5) is 2.49. The first-order chi connectivity index (χ1) is 9.19. The Balaban J connectivity index is 1.81. The van der Waals surface area contributed by atoms with Crippen LogP contribution in [0.15, 0.2) is 24.3 Å². The zero-order valence-electron chi connectivity index (χ0n) is 12.4. The average molecular weight is 262 g/mol. The van der Waals surface area contributed by atoms with Crippen LogP contribution in [0.4, 0.5) is 0 Å². The first-order valence-electron chi connectivity index (χ1n) is 7.27. The molecule has 1 N–H and O–H groups in total. The van der Waals surface area contributed by atoms with Crippen molar-refractivity contribution in [2.45, 2.75) is 45.6 Å². The predicted octanol–water partition coefficient (Wildman–Crippen LogP) is 2.41. The summed E-state index contributed by atoms with van der Waals surface area (Å²) in [7, 11) is 1.97. The normalized spacial score (nSPS) is 20.3. The van der Waals surface area contributed by atoms with Gasteiger partial charge >= 0.3 is 0 Å². The zero-order chi connectivity index (χ0) is 13.7. The monoisotopic (exact) mass is 262 g/mol. The predicted molar refractivity (Wildman–Crippen MR) is 79.1 cm³/mol. The number of nitrogens with one attached hydrogen (secondary N) is 1. The first-order valence-corrected chi connectivity index (χ1v) is 7.27. The van der Waals surface area contributed by atoms with Gasteiger partial charge in [-0.05, 0) is 38.4 Å². The molecule has 1 aliphatic heterocycles. The number of hydrogen-bond donors (Lipinski definition) is 1. The molecule has 106 valence electrons. The van der Waals surface area contributed by atoms with Gasteiger partial charge in [0.1, 0.15) is 0 Å². The maximum atomic E-state index is 6.04. The van der Waals surface area contributed by atoms with E-state index in [4.69, 9.17) is 4.74 Å². The van der Waals surface area contributed by atoms with Gasteiger partial charge in [-0.3, -0.25) is 4.90 Å². The highest BCUT2D eigenvalue weighted by molar-refractivity contribution is 5.22. The maximum absolute atomic E-state index is 6.04. The Morgan fingerprint density at radius 2 is 2.16 bits per heavy atom. The molecule has 0 radical (unpaired) electrons. The minimum absolute atomic E-state index is 0.398. The molecule has 1 aliphatic rings. The minimum atomic E-state index is 0.398. The van der Waals surface area contributed by atoms with Gasteiger partial charge in [-0.25, -0.2) is 0 Å². The molecule has 2 rings (SSSR count). The standard InChI is InChI=1S/C16H26N2O/c1-13(2)18-8-7-16(11-18)19-12-15-6-4-5-14(9-15)10-17-3/h4-6,9,13,16-17H,7-8,10-12H2,1-3H3. The van der Waals surface area contributed by atoms with Crippen molar-refractivity contribution in [1.29, 1.82) is 0 Å². The Labute approximate surface area is 116 Å². The smallest absolute Gasteiger partial charge is 0.0721 e. The van der Waals surface area contributed by atoms with Crippen molar-refractivity contribution in [3.8, 4) is 0 Å². The maximum Gasteiger partial charge on any atom is 0.0721 e. The number of ether oxygens (including phenoxy) is 1. The van der Waals surface area contributed by atoms with Crippen LogP contribution in [0, 0.1) is 0 Å². The molecule has 3 heteroatoms. The van der Waals surface area contributed by atoms with Crippen LogP contribution in [0.2, 0.25) is 0 Å². The number of rotatable bonds is 6. The summed E-state index contributed by atoms with van der Waals surface area (Å²) in [6.07, 6.45) is 1.56. The van der Waals surface area contributed by atoms with E-state index in [0.29, 0.717) is 12.1 Å². The summed E-state index contributed by atoms with van der Waals surface area (Å²) in [5.41, 5.74) is 2.59. The van der Waals surface area contributed by atoms with Crippen LogP contribution in [-0.4, -0.2) is 37.2 Å². The van der Waals surface area contributed by atoms with E-state index in [1.165, 1.54) is 17.7 Å². The molecule has 0 aromatic heterocycles. The number of nitrogens with zero attached hydrogens (tertiary/aromatic N) is 1. The van der Waals surface area contributed by atoms with E-state index in [1.54, 1.807) is 0 Å². The van der Waals surface area contributed by atoms with Crippen molar-refractivity contribution in [1.82, 2.24) is 10.2 Å². The van der Waals surface area contributed by atoms with Crippen LogP contribution in [0.25, 0.3) is 0 Å². The summed E-state index contributed by atoms with van der Waals surface area (Å²) in [5.74, 6) is 0. The second kappa shape index (κ2) is 7.04. The largest absolute Gasteiger partial charge is 0.372 e. The van der Waals surface area contributed by atoms with Gasteiger partial charge in [-0.15, -0.1) is 0 Å². The summed E-state index contributed by atoms with van der Waals surface area (Å²) < 4.78 is 6.04. The third-order valence-corrected chi connectivity index (χ3v) is 3.76. The molecule has 1 atom stereocenters. The third-order valence-electron chi connectivity index (χ3n) is 3.76. The molecular formula is C16H26N2O. The molecule has 0 saturated carbocycles. The van der Waals surface area contributed by atoms with E-state index < -0.39 is 0 Å². The first kappa shape index (κ1) is 14.5. The van der Waals surface area contributed by atoms with Gasteiger partial charge in [0.05, 0.1) is 12.7 Å². The Kier molecular flexibility index (Phi) is 5.37. The Morgan fingerprint density at radius 3 is 2.84 bits per heavy atom. The molecule has 1 fully saturated rings. The second-order valence-corrected chi connectivity index (χ2v) is 5.66. The lowest BCUT2D eigenvalue weighted by molar-refractivity contribution is 0.0444. The summed E-state index contributed by atoms with van der Waals surface area (Å²) in [6, 6.07) is 9.27. The lowest BCUT2D eigenvalue weighted by Gasteiger charge is -2.20. The molecule has 0 aliphatic carbocycles. The average Bonchev–Trinajstić information content (AvgIpc) is 2.86. The van der Waals surface area contributed by atoms with Gasteiger partial charge < -0.3 is 10.1 Å². The summed E-state index contributed by atoms with van der Waals surface area (Å²) in [6.45, 7) is 8.40. The van der Waals surface area contributed by atoms with Gasteiger partial charge in [0, 0.05) is 25.7 Å². The van der Waals surface area contributed by atoms with E-state index in [-0.39, 0.29) is 0 Å². The van der Waals surface area contributed by atoms with Gasteiger partial charge in [0.25, 0.3) is 0 Å². The van der Waals surface area contributed by atoms with E-state index in [2.05, 4.69) is 48.3 Å². The van der Waals surface area contributed by atoms with Crippen LogP contribution in [0.3, 0.4) is 0 Å². The molecular weight excluding hydrogens is 236 g/mol. The molecule has 1 unspecified atom stereocenters. The Morgan fingerprint density at radius 1 is 1.37 bits per heavy atom. The zero-order valence-corrected chi connectivity index (χ0v) is 12.4. The topological polar surface area (TPSA) is 24.5 Å². The van der Waals surface area contributed by atoms with Gasteiger partial charge in [0.2, 0.25) is 0 Å². The number of hydrogen-bond acceptors (Lipinski definition) is 3. The van der Waals surface area contributed by atoms with Crippen LogP contribution in [0.1, 0.15) is 31.4 Å². The third kappa shape index (κ3) is 4.30. The van der Waals surface area contributed by atoms with E-state index >= 15 is 0 Å². The molecule has 1 aromatic rings. The molecule has 0 bridgehead atoms. The van der Waals surface area contributed by atoms with Crippen LogP contribution in [-0.2, 0) is 17.9 Å². The fraction of sp³-hybridized carbons (Fsp3) is 0.625. The van der Waals surface area contributed by atoms with Crippen molar-refractivity contribution in [3.63, 3.8) is 0 Å². The molecule has 3 nitrogen and oxygen atoms in total. The Hall–Kier alpha value is -0.900. The molecule has 1 saturated heterocycles. The van der Waals surface area contributed by atoms with Crippen molar-refractivity contribution < 1.29 is 4.74 Å².